The number of aliphatic imine (C=N–C) groups is 1. The quantitative estimate of drug-likeness (QED) is 0.442. The predicted molar refractivity (Wildman–Crippen MR) is 44.2 cm³/mol. The summed E-state index contributed by atoms with van der Waals surface area (Å²) in [4.78, 5) is 13.7. The number of rotatable bonds is 2. The van der Waals surface area contributed by atoms with Crippen LogP contribution in [0.3, 0.4) is 0 Å². The molecule has 2 heteroatoms. The van der Waals surface area contributed by atoms with Gasteiger partial charge in [0.1, 0.15) is 0 Å². The van der Waals surface area contributed by atoms with Crippen LogP contribution in [0.5, 0.6) is 0 Å². The van der Waals surface area contributed by atoms with E-state index in [-0.39, 0.29) is 6.04 Å². The van der Waals surface area contributed by atoms with E-state index in [1.54, 1.807) is 6.08 Å². The monoisotopic (exact) mass is 153 g/mol. The molecule has 1 aliphatic carbocycles. The first-order chi connectivity index (χ1) is 5.34. The molecule has 1 aliphatic rings. The summed E-state index contributed by atoms with van der Waals surface area (Å²) in [6.07, 6.45) is 8.10. The fraction of sp³-hybridized carbons (Fsp3) is 0.889. The molecular weight excluding hydrogens is 138 g/mol. The molecule has 62 valence electrons. The molecule has 1 rings (SSSR count). The van der Waals surface area contributed by atoms with Gasteiger partial charge in [0.25, 0.3) is 0 Å². The van der Waals surface area contributed by atoms with Gasteiger partial charge in [-0.25, -0.2) is 9.79 Å². The van der Waals surface area contributed by atoms with Gasteiger partial charge in [-0.15, -0.1) is 0 Å². The minimum atomic E-state index is 0.202. The molecule has 1 unspecified atom stereocenters. The van der Waals surface area contributed by atoms with Crippen LogP contribution in [0.2, 0.25) is 0 Å². The van der Waals surface area contributed by atoms with Gasteiger partial charge in [-0.3, -0.25) is 0 Å². The highest BCUT2D eigenvalue weighted by Gasteiger charge is 2.18. The SMILES string of the molecule is CC(N=C=O)C1CCCCC1. The highest BCUT2D eigenvalue weighted by molar-refractivity contribution is 5.33. The highest BCUT2D eigenvalue weighted by atomic mass is 16.1. The molecule has 1 fully saturated rings. The average Bonchev–Trinajstić information content (AvgIpc) is 2.07. The number of carbonyl (C=O) groups excluding carboxylic acids is 1. The topological polar surface area (TPSA) is 29.4 Å². The van der Waals surface area contributed by atoms with Crippen molar-refractivity contribution in [2.24, 2.45) is 10.9 Å². The van der Waals surface area contributed by atoms with Gasteiger partial charge in [0.2, 0.25) is 6.08 Å². The van der Waals surface area contributed by atoms with Crippen LogP contribution in [0.25, 0.3) is 0 Å². The first-order valence-corrected chi connectivity index (χ1v) is 4.41. The predicted octanol–water partition coefficient (Wildman–Crippen LogP) is 2.29. The second kappa shape index (κ2) is 4.30. The Morgan fingerprint density at radius 3 is 2.55 bits per heavy atom. The van der Waals surface area contributed by atoms with Crippen LogP contribution in [0.1, 0.15) is 39.0 Å². The maximum Gasteiger partial charge on any atom is 0.235 e. The third-order valence-electron chi connectivity index (χ3n) is 2.59. The summed E-state index contributed by atoms with van der Waals surface area (Å²) in [6, 6.07) is 0.202. The number of hydrogen-bond donors (Lipinski definition) is 0. The molecule has 2 nitrogen and oxygen atoms in total. The summed E-state index contributed by atoms with van der Waals surface area (Å²) in [5, 5.41) is 0. The van der Waals surface area contributed by atoms with Gasteiger partial charge in [-0.1, -0.05) is 19.3 Å². The van der Waals surface area contributed by atoms with Gasteiger partial charge in [0.15, 0.2) is 0 Å². The molecular formula is C9H15NO. The molecule has 0 aliphatic heterocycles. The smallest absolute Gasteiger partial charge is 0.211 e. The van der Waals surface area contributed by atoms with Crippen molar-refractivity contribution in [1.29, 1.82) is 0 Å². The average molecular weight is 153 g/mol. The summed E-state index contributed by atoms with van der Waals surface area (Å²) >= 11 is 0. The van der Waals surface area contributed by atoms with Gasteiger partial charge < -0.3 is 0 Å². The molecule has 0 aromatic carbocycles. The Bertz CT molecular complexity index is 155. The molecule has 1 atom stereocenters. The van der Waals surface area contributed by atoms with E-state index in [1.165, 1.54) is 32.1 Å². The molecule has 0 heterocycles. The second-order valence-corrected chi connectivity index (χ2v) is 3.36. The Balaban J connectivity index is 2.38. The summed E-state index contributed by atoms with van der Waals surface area (Å²) in [5.74, 6) is 0.644. The van der Waals surface area contributed by atoms with Crippen molar-refractivity contribution < 1.29 is 4.79 Å². The zero-order chi connectivity index (χ0) is 8.10. The Morgan fingerprint density at radius 2 is 2.00 bits per heavy atom. The molecule has 0 aromatic rings. The van der Waals surface area contributed by atoms with E-state index in [2.05, 4.69) is 4.99 Å². The van der Waals surface area contributed by atoms with Crippen molar-refractivity contribution in [2.75, 3.05) is 0 Å². The summed E-state index contributed by atoms with van der Waals surface area (Å²) in [5.41, 5.74) is 0. The standard InChI is InChI=1S/C9H15NO/c1-8(10-7-11)9-5-3-2-4-6-9/h8-9H,2-6H2,1H3. The molecule has 0 saturated heterocycles. The fourth-order valence-corrected chi connectivity index (χ4v) is 1.81. The van der Waals surface area contributed by atoms with E-state index in [4.69, 9.17) is 0 Å². The minimum Gasteiger partial charge on any atom is -0.211 e. The lowest BCUT2D eigenvalue weighted by atomic mass is 9.85. The van der Waals surface area contributed by atoms with E-state index < -0.39 is 0 Å². The van der Waals surface area contributed by atoms with Gasteiger partial charge in [0, 0.05) is 0 Å². The molecule has 0 bridgehead atoms. The molecule has 0 spiro atoms. The first kappa shape index (κ1) is 8.48. The highest BCUT2D eigenvalue weighted by Crippen LogP contribution is 2.27. The van der Waals surface area contributed by atoms with E-state index >= 15 is 0 Å². The van der Waals surface area contributed by atoms with Crippen molar-refractivity contribution in [3.8, 4) is 0 Å². The van der Waals surface area contributed by atoms with E-state index in [9.17, 15) is 4.79 Å². The Hall–Kier alpha value is -0.620. The van der Waals surface area contributed by atoms with Crippen LogP contribution >= 0.6 is 0 Å². The van der Waals surface area contributed by atoms with Crippen LogP contribution in [0.4, 0.5) is 0 Å². The third kappa shape index (κ3) is 2.47. The second-order valence-electron chi connectivity index (χ2n) is 3.36. The maximum absolute atomic E-state index is 9.97. The summed E-state index contributed by atoms with van der Waals surface area (Å²) < 4.78 is 0. The molecule has 0 N–H and O–H groups in total. The maximum atomic E-state index is 9.97. The van der Waals surface area contributed by atoms with Crippen LogP contribution in [0.15, 0.2) is 4.99 Å². The fourth-order valence-electron chi connectivity index (χ4n) is 1.81. The molecule has 0 radical (unpaired) electrons. The lowest BCUT2D eigenvalue weighted by Gasteiger charge is -2.23. The van der Waals surface area contributed by atoms with Gasteiger partial charge in [-0.05, 0) is 25.7 Å². The van der Waals surface area contributed by atoms with Crippen LogP contribution in [0, 0.1) is 5.92 Å². The van der Waals surface area contributed by atoms with E-state index in [0.29, 0.717) is 5.92 Å². The van der Waals surface area contributed by atoms with Gasteiger partial charge in [0.05, 0.1) is 6.04 Å². The summed E-state index contributed by atoms with van der Waals surface area (Å²) in [6.45, 7) is 2.01. The zero-order valence-corrected chi connectivity index (χ0v) is 7.05. The molecule has 0 aromatic heterocycles. The summed E-state index contributed by atoms with van der Waals surface area (Å²) in [7, 11) is 0. The van der Waals surface area contributed by atoms with Crippen molar-refractivity contribution in [3.05, 3.63) is 0 Å². The van der Waals surface area contributed by atoms with Crippen LogP contribution in [-0.4, -0.2) is 12.1 Å². The molecule has 0 amide bonds. The lowest BCUT2D eigenvalue weighted by molar-refractivity contribution is 0.317. The first-order valence-electron chi connectivity index (χ1n) is 4.41. The Morgan fingerprint density at radius 1 is 1.36 bits per heavy atom. The Labute approximate surface area is 67.7 Å². The molecule has 1 saturated carbocycles. The largest absolute Gasteiger partial charge is 0.235 e. The zero-order valence-electron chi connectivity index (χ0n) is 7.05. The van der Waals surface area contributed by atoms with Crippen LogP contribution in [-0.2, 0) is 4.79 Å². The Kier molecular flexibility index (Phi) is 3.31. The van der Waals surface area contributed by atoms with E-state index in [0.717, 1.165) is 0 Å². The number of hydrogen-bond acceptors (Lipinski definition) is 2. The van der Waals surface area contributed by atoms with Crippen molar-refractivity contribution in [2.45, 2.75) is 45.1 Å². The van der Waals surface area contributed by atoms with Gasteiger partial charge >= 0.3 is 0 Å². The van der Waals surface area contributed by atoms with E-state index in [1.807, 2.05) is 6.92 Å². The lowest BCUT2D eigenvalue weighted by Crippen LogP contribution is -2.17. The minimum absolute atomic E-state index is 0.202. The van der Waals surface area contributed by atoms with Crippen molar-refractivity contribution >= 4 is 6.08 Å². The van der Waals surface area contributed by atoms with Crippen molar-refractivity contribution in [1.82, 2.24) is 0 Å². The number of isocyanates is 1. The third-order valence-corrected chi connectivity index (χ3v) is 2.59. The number of nitrogens with zero attached hydrogens (tertiary/aromatic N) is 1. The van der Waals surface area contributed by atoms with Crippen LogP contribution < -0.4 is 0 Å². The normalized spacial score (nSPS) is 22.3. The van der Waals surface area contributed by atoms with Crippen molar-refractivity contribution in [3.63, 3.8) is 0 Å². The van der Waals surface area contributed by atoms with Gasteiger partial charge in [-0.2, -0.15) is 0 Å². The molecule has 11 heavy (non-hydrogen) atoms.